The number of likely N-dealkylation sites (tertiary alicyclic amines) is 1. The summed E-state index contributed by atoms with van der Waals surface area (Å²) in [5.74, 6) is 0.356. The van der Waals surface area contributed by atoms with E-state index in [0.29, 0.717) is 24.4 Å². The molecule has 1 aliphatic heterocycles. The highest BCUT2D eigenvalue weighted by molar-refractivity contribution is 5.74. The van der Waals surface area contributed by atoms with Crippen LogP contribution in [0.3, 0.4) is 0 Å². The fraction of sp³-hybridized carbons (Fsp3) is 0.571. The van der Waals surface area contributed by atoms with Gasteiger partial charge in [-0.15, -0.1) is 13.2 Å². The summed E-state index contributed by atoms with van der Waals surface area (Å²) < 4.78 is 46.2. The van der Waals surface area contributed by atoms with E-state index in [2.05, 4.69) is 25.5 Å². The fourth-order valence-corrected chi connectivity index (χ4v) is 4.35. The molecule has 174 valence electrons. The van der Waals surface area contributed by atoms with Crippen LogP contribution in [0.1, 0.15) is 50.5 Å². The van der Waals surface area contributed by atoms with Crippen LogP contribution < -0.4 is 15.4 Å². The molecule has 1 aliphatic carbocycles. The smallest absolute Gasteiger partial charge is 0.406 e. The minimum atomic E-state index is -4.74. The summed E-state index contributed by atoms with van der Waals surface area (Å²) in [5.41, 5.74) is 0.511. The third-order valence-corrected chi connectivity index (χ3v) is 5.90. The topological polar surface area (TPSA) is 92.5 Å². The number of likely N-dealkylation sites (N-methyl/N-ethyl adjacent to an activating group) is 1. The van der Waals surface area contributed by atoms with Crippen LogP contribution in [-0.2, 0) is 0 Å². The zero-order chi connectivity index (χ0) is 22.7. The molecule has 11 heteroatoms. The molecule has 2 heterocycles. The summed E-state index contributed by atoms with van der Waals surface area (Å²) >= 11 is 0. The van der Waals surface area contributed by atoms with Gasteiger partial charge in [-0.05, 0) is 50.6 Å². The van der Waals surface area contributed by atoms with Crippen LogP contribution in [0.15, 0.2) is 28.8 Å². The van der Waals surface area contributed by atoms with Crippen LogP contribution in [0.4, 0.5) is 18.0 Å². The Morgan fingerprint density at radius 3 is 2.50 bits per heavy atom. The summed E-state index contributed by atoms with van der Waals surface area (Å²) in [6.07, 6.45) is 1.45. The molecule has 2 N–H and O–H groups in total. The molecule has 8 nitrogen and oxygen atoms in total. The van der Waals surface area contributed by atoms with Gasteiger partial charge in [0.15, 0.2) is 0 Å². The van der Waals surface area contributed by atoms with Crippen LogP contribution in [0, 0.1) is 0 Å². The molecule has 2 atom stereocenters. The van der Waals surface area contributed by atoms with Crippen molar-refractivity contribution in [3.05, 3.63) is 30.2 Å². The molecule has 0 unspecified atom stereocenters. The van der Waals surface area contributed by atoms with E-state index in [1.165, 1.54) is 30.7 Å². The Morgan fingerprint density at radius 1 is 1.12 bits per heavy atom. The van der Waals surface area contributed by atoms with Crippen LogP contribution in [-0.4, -0.2) is 53.1 Å². The first-order chi connectivity index (χ1) is 15.3. The minimum absolute atomic E-state index is 0.0530. The number of amides is 2. The van der Waals surface area contributed by atoms with Crippen molar-refractivity contribution in [2.45, 2.75) is 63.0 Å². The number of hydrogen-bond acceptors (Lipinski definition) is 6. The summed E-state index contributed by atoms with van der Waals surface area (Å²) in [5, 5.41) is 10.0. The standard InChI is InChI=1S/C21H26F3N5O3/c1-29-12-15(26-20(30)25-14-5-3-2-4-6-14)11-17(29)19-27-18(28-32-19)13-7-9-16(10-8-13)31-21(22,23)24/h7-10,14-15,17H,2-6,11-12H2,1H3,(H2,25,26,30)/t15-,17-/m0/s1. The lowest BCUT2D eigenvalue weighted by Gasteiger charge is -2.24. The molecule has 2 aromatic rings. The van der Waals surface area contributed by atoms with Gasteiger partial charge in [-0.1, -0.05) is 24.4 Å². The molecule has 0 radical (unpaired) electrons. The Balaban J connectivity index is 1.34. The number of ether oxygens (including phenoxy) is 1. The molecule has 4 rings (SSSR count). The average molecular weight is 453 g/mol. The predicted octanol–water partition coefficient (Wildman–Crippen LogP) is 4.01. The van der Waals surface area contributed by atoms with Gasteiger partial charge in [0.25, 0.3) is 0 Å². The number of halogens is 3. The van der Waals surface area contributed by atoms with E-state index in [1.807, 2.05) is 11.9 Å². The van der Waals surface area contributed by atoms with Gasteiger partial charge in [-0.3, -0.25) is 4.90 Å². The third-order valence-electron chi connectivity index (χ3n) is 5.90. The molecular weight excluding hydrogens is 427 g/mol. The molecule has 2 fully saturated rings. The second-order valence-corrected chi connectivity index (χ2v) is 8.37. The second-order valence-electron chi connectivity index (χ2n) is 8.37. The number of aromatic nitrogens is 2. The Hall–Kier alpha value is -2.82. The van der Waals surface area contributed by atoms with E-state index in [1.54, 1.807) is 0 Å². The molecule has 1 aromatic heterocycles. The first-order valence-corrected chi connectivity index (χ1v) is 10.7. The lowest BCUT2D eigenvalue weighted by atomic mass is 9.96. The highest BCUT2D eigenvalue weighted by atomic mass is 19.4. The monoisotopic (exact) mass is 453 g/mol. The average Bonchev–Trinajstić information content (AvgIpc) is 3.34. The normalized spacial score (nSPS) is 22.6. The number of benzene rings is 1. The minimum Gasteiger partial charge on any atom is -0.406 e. The van der Waals surface area contributed by atoms with Crippen molar-refractivity contribution < 1.29 is 27.2 Å². The van der Waals surface area contributed by atoms with Crippen molar-refractivity contribution >= 4 is 6.03 Å². The zero-order valence-electron chi connectivity index (χ0n) is 17.7. The molecule has 1 saturated heterocycles. The van der Waals surface area contributed by atoms with Crippen LogP contribution >= 0.6 is 0 Å². The van der Waals surface area contributed by atoms with Gasteiger partial charge in [0.1, 0.15) is 5.75 Å². The summed E-state index contributed by atoms with van der Waals surface area (Å²) in [7, 11) is 1.92. The number of nitrogens with zero attached hydrogens (tertiary/aromatic N) is 3. The van der Waals surface area contributed by atoms with Gasteiger partial charge in [0, 0.05) is 24.2 Å². The fourth-order valence-electron chi connectivity index (χ4n) is 4.35. The Bertz CT molecular complexity index is 912. The number of carbonyl (C=O) groups is 1. The molecule has 32 heavy (non-hydrogen) atoms. The highest BCUT2D eigenvalue weighted by Crippen LogP contribution is 2.31. The highest BCUT2D eigenvalue weighted by Gasteiger charge is 2.35. The summed E-state index contributed by atoms with van der Waals surface area (Å²) in [6, 6.07) is 5.15. The first-order valence-electron chi connectivity index (χ1n) is 10.7. The van der Waals surface area contributed by atoms with Gasteiger partial charge < -0.3 is 19.9 Å². The van der Waals surface area contributed by atoms with Gasteiger partial charge in [-0.2, -0.15) is 4.98 Å². The van der Waals surface area contributed by atoms with Crippen molar-refractivity contribution in [1.82, 2.24) is 25.7 Å². The maximum Gasteiger partial charge on any atom is 0.573 e. The number of urea groups is 1. The Morgan fingerprint density at radius 2 is 1.81 bits per heavy atom. The van der Waals surface area contributed by atoms with Gasteiger partial charge in [0.05, 0.1) is 6.04 Å². The zero-order valence-corrected chi connectivity index (χ0v) is 17.7. The number of nitrogens with one attached hydrogen (secondary N) is 2. The molecule has 1 saturated carbocycles. The summed E-state index contributed by atoms with van der Waals surface area (Å²) in [4.78, 5) is 18.8. The molecule has 2 aliphatic rings. The van der Waals surface area contributed by atoms with E-state index in [-0.39, 0.29) is 35.7 Å². The number of hydrogen-bond donors (Lipinski definition) is 2. The Kier molecular flexibility index (Phi) is 6.54. The van der Waals surface area contributed by atoms with E-state index < -0.39 is 6.36 Å². The summed E-state index contributed by atoms with van der Waals surface area (Å²) in [6.45, 7) is 0.643. The van der Waals surface area contributed by atoms with E-state index in [9.17, 15) is 18.0 Å². The van der Waals surface area contributed by atoms with Crippen molar-refractivity contribution in [1.29, 1.82) is 0 Å². The van der Waals surface area contributed by atoms with Crippen LogP contribution in [0.5, 0.6) is 5.75 Å². The van der Waals surface area contributed by atoms with Gasteiger partial charge in [-0.25, -0.2) is 4.79 Å². The molecule has 2 amide bonds. The van der Waals surface area contributed by atoms with Gasteiger partial charge in [0.2, 0.25) is 11.7 Å². The molecule has 0 spiro atoms. The first kappa shape index (κ1) is 22.4. The maximum atomic E-state index is 12.3. The lowest BCUT2D eigenvalue weighted by molar-refractivity contribution is -0.274. The molecule has 0 bridgehead atoms. The van der Waals surface area contributed by atoms with Crippen molar-refractivity contribution in [3.8, 4) is 17.1 Å². The second kappa shape index (κ2) is 9.35. The molecular formula is C21H26F3N5O3. The predicted molar refractivity (Wildman–Crippen MR) is 109 cm³/mol. The Labute approximate surface area is 183 Å². The number of alkyl halides is 3. The quantitative estimate of drug-likeness (QED) is 0.711. The van der Waals surface area contributed by atoms with Crippen molar-refractivity contribution in [2.24, 2.45) is 0 Å². The molecule has 1 aromatic carbocycles. The largest absolute Gasteiger partial charge is 0.573 e. The maximum absolute atomic E-state index is 12.3. The van der Waals surface area contributed by atoms with Gasteiger partial charge >= 0.3 is 12.4 Å². The van der Waals surface area contributed by atoms with E-state index in [4.69, 9.17) is 4.52 Å². The van der Waals surface area contributed by atoms with Crippen molar-refractivity contribution in [2.75, 3.05) is 13.6 Å². The number of rotatable bonds is 5. The number of carbonyl (C=O) groups excluding carboxylic acids is 1. The lowest BCUT2D eigenvalue weighted by Crippen LogP contribution is -2.47. The van der Waals surface area contributed by atoms with E-state index in [0.717, 1.165) is 25.7 Å². The third kappa shape index (κ3) is 5.70. The van der Waals surface area contributed by atoms with Crippen molar-refractivity contribution in [3.63, 3.8) is 0 Å². The van der Waals surface area contributed by atoms with E-state index >= 15 is 0 Å². The SMILES string of the molecule is CN1C[C@@H](NC(=O)NC2CCCCC2)C[C@H]1c1nc(-c2ccc(OC(F)(F)F)cc2)no1. The van der Waals surface area contributed by atoms with Crippen LogP contribution in [0.2, 0.25) is 0 Å². The van der Waals surface area contributed by atoms with Crippen LogP contribution in [0.25, 0.3) is 11.4 Å².